The van der Waals surface area contributed by atoms with Crippen LogP contribution in [0, 0.1) is 6.92 Å². The maximum atomic E-state index is 13.2. The molecule has 1 saturated carbocycles. The topological polar surface area (TPSA) is 65.0 Å². The molecule has 0 radical (unpaired) electrons. The third kappa shape index (κ3) is 3.92. The van der Waals surface area contributed by atoms with Gasteiger partial charge in [-0.25, -0.2) is 0 Å². The van der Waals surface area contributed by atoms with Crippen molar-refractivity contribution in [3.05, 3.63) is 70.2 Å². The number of esters is 1. The summed E-state index contributed by atoms with van der Waals surface area (Å²) in [6.07, 6.45) is 2.02. The van der Waals surface area contributed by atoms with E-state index in [9.17, 15) is 9.59 Å². The summed E-state index contributed by atoms with van der Waals surface area (Å²) in [6.45, 7) is 2.25. The molecule has 5 nitrogen and oxygen atoms in total. The number of oxime groups is 1. The van der Waals surface area contributed by atoms with Gasteiger partial charge >= 0.3 is 5.97 Å². The van der Waals surface area contributed by atoms with Crippen molar-refractivity contribution in [2.75, 3.05) is 0 Å². The van der Waals surface area contributed by atoms with Gasteiger partial charge in [0, 0.05) is 5.02 Å². The Morgan fingerprint density at radius 3 is 2.55 bits per heavy atom. The van der Waals surface area contributed by atoms with E-state index in [1.165, 1.54) is 0 Å². The van der Waals surface area contributed by atoms with E-state index in [0.29, 0.717) is 42.9 Å². The monoisotopic (exact) mass is 411 g/mol. The third-order valence-corrected chi connectivity index (χ3v) is 5.92. The predicted molar refractivity (Wildman–Crippen MR) is 110 cm³/mol. The molecule has 0 N–H and O–H groups in total. The number of ketones is 1. The average Bonchev–Trinajstić information content (AvgIpc) is 2.94. The molecule has 1 atom stereocenters. The number of ether oxygens (including phenoxy) is 1. The largest absolute Gasteiger partial charge is 0.450 e. The van der Waals surface area contributed by atoms with E-state index in [0.717, 1.165) is 16.8 Å². The van der Waals surface area contributed by atoms with Crippen LogP contribution in [0.1, 0.15) is 48.3 Å². The molecule has 0 amide bonds. The molecule has 1 unspecified atom stereocenters. The Kier molecular flexibility index (Phi) is 5.41. The summed E-state index contributed by atoms with van der Waals surface area (Å²) in [7, 11) is 0. The van der Waals surface area contributed by atoms with E-state index in [2.05, 4.69) is 5.16 Å². The molecule has 1 spiro atoms. The molecule has 1 heterocycles. The molecule has 0 bridgehead atoms. The molecule has 2 fully saturated rings. The van der Waals surface area contributed by atoms with Gasteiger partial charge in [-0.05, 0) is 61.4 Å². The number of rotatable bonds is 4. The number of carbonyl (C=O) groups excluding carboxylic acids is 2. The van der Waals surface area contributed by atoms with Crippen molar-refractivity contribution in [2.45, 2.75) is 50.7 Å². The Hall–Kier alpha value is -2.66. The first kappa shape index (κ1) is 19.6. The lowest BCUT2D eigenvalue weighted by atomic mass is 9.77. The quantitative estimate of drug-likeness (QED) is 0.414. The molecule has 1 aliphatic carbocycles. The zero-order valence-corrected chi connectivity index (χ0v) is 16.9. The van der Waals surface area contributed by atoms with E-state index in [4.69, 9.17) is 21.2 Å². The number of aryl methyl sites for hydroxylation is 1. The molecular weight excluding hydrogens is 390 g/mol. The number of nitrogens with zero attached hydrogens (tertiary/aromatic N) is 1. The fourth-order valence-electron chi connectivity index (χ4n) is 4.06. The molecule has 150 valence electrons. The number of halogens is 1. The highest BCUT2D eigenvalue weighted by Crippen LogP contribution is 2.43. The zero-order valence-electron chi connectivity index (χ0n) is 16.2. The highest BCUT2D eigenvalue weighted by Gasteiger charge is 2.56. The molecular formula is C23H22ClNO4. The zero-order chi connectivity index (χ0) is 20.4. The fraction of sp³-hybridized carbons (Fsp3) is 0.348. The number of carbonyl (C=O) groups is 2. The Bertz CT molecular complexity index is 960. The summed E-state index contributed by atoms with van der Waals surface area (Å²) in [5.41, 5.74) is 2.38. The number of hydrogen-bond acceptors (Lipinski definition) is 5. The van der Waals surface area contributed by atoms with Crippen LogP contribution in [0.2, 0.25) is 5.02 Å². The first-order valence-corrected chi connectivity index (χ1v) is 10.1. The fourth-order valence-corrected chi connectivity index (χ4v) is 4.28. The van der Waals surface area contributed by atoms with Gasteiger partial charge in [0.25, 0.3) is 0 Å². The maximum Gasteiger partial charge on any atom is 0.322 e. The molecule has 1 aliphatic heterocycles. The van der Waals surface area contributed by atoms with Gasteiger partial charge in [-0.3, -0.25) is 9.59 Å². The van der Waals surface area contributed by atoms with Crippen molar-refractivity contribution in [3.8, 4) is 0 Å². The van der Waals surface area contributed by atoms with Crippen LogP contribution in [0.25, 0.3) is 0 Å². The van der Waals surface area contributed by atoms with Gasteiger partial charge in [0.15, 0.2) is 11.4 Å². The first-order valence-electron chi connectivity index (χ1n) is 9.73. The van der Waals surface area contributed by atoms with Crippen LogP contribution in [0.4, 0.5) is 0 Å². The standard InChI is InChI=1S/C23H22ClNO4/c1-15-13-17(24)7-8-19(15)20-21(26)23(29-22(20)27)11-9-18(10-12-23)25-28-14-16-5-3-2-4-6-16/h2-8,13,20H,9-12,14H2,1H3. The van der Waals surface area contributed by atoms with Crippen molar-refractivity contribution in [3.63, 3.8) is 0 Å². The van der Waals surface area contributed by atoms with Crippen LogP contribution in [0.5, 0.6) is 0 Å². The second-order valence-corrected chi connectivity index (χ2v) is 8.07. The van der Waals surface area contributed by atoms with E-state index < -0.39 is 17.5 Å². The Balaban J connectivity index is 1.42. The summed E-state index contributed by atoms with van der Waals surface area (Å²) in [4.78, 5) is 31.2. The Labute approximate surface area is 174 Å². The lowest BCUT2D eigenvalue weighted by molar-refractivity contribution is -0.153. The highest BCUT2D eigenvalue weighted by molar-refractivity contribution is 6.30. The lowest BCUT2D eigenvalue weighted by Gasteiger charge is -2.30. The van der Waals surface area contributed by atoms with Crippen molar-refractivity contribution in [2.24, 2.45) is 5.16 Å². The van der Waals surface area contributed by atoms with Crippen molar-refractivity contribution in [1.82, 2.24) is 0 Å². The SMILES string of the molecule is Cc1cc(Cl)ccc1C1C(=O)OC2(CCC(=NOCc3ccccc3)CC2)C1=O. The number of hydrogen-bond donors (Lipinski definition) is 0. The molecule has 6 heteroatoms. The minimum Gasteiger partial charge on any atom is -0.450 e. The van der Waals surface area contributed by atoms with Crippen LogP contribution in [0.15, 0.2) is 53.7 Å². The van der Waals surface area contributed by atoms with Gasteiger partial charge in [-0.1, -0.05) is 53.2 Å². The van der Waals surface area contributed by atoms with Crippen LogP contribution < -0.4 is 0 Å². The lowest BCUT2D eigenvalue weighted by Crippen LogP contribution is -2.41. The van der Waals surface area contributed by atoms with Crippen LogP contribution >= 0.6 is 11.6 Å². The third-order valence-electron chi connectivity index (χ3n) is 5.69. The van der Waals surface area contributed by atoms with Gasteiger partial charge in [0.2, 0.25) is 0 Å². The van der Waals surface area contributed by atoms with Gasteiger partial charge in [-0.2, -0.15) is 0 Å². The Morgan fingerprint density at radius 1 is 1.14 bits per heavy atom. The first-order chi connectivity index (χ1) is 14.0. The number of benzene rings is 2. The Morgan fingerprint density at radius 2 is 1.86 bits per heavy atom. The second kappa shape index (κ2) is 7.99. The van der Waals surface area contributed by atoms with Crippen molar-refractivity contribution >= 4 is 29.1 Å². The van der Waals surface area contributed by atoms with E-state index in [1.807, 2.05) is 37.3 Å². The summed E-state index contributed by atoms with van der Waals surface area (Å²) in [5.74, 6) is -1.50. The average molecular weight is 412 g/mol. The van der Waals surface area contributed by atoms with Crippen LogP contribution in [-0.4, -0.2) is 23.1 Å². The second-order valence-electron chi connectivity index (χ2n) is 7.63. The molecule has 1 saturated heterocycles. The van der Waals surface area contributed by atoms with Gasteiger partial charge in [0.05, 0.1) is 5.71 Å². The molecule has 0 aromatic heterocycles. The van der Waals surface area contributed by atoms with E-state index in [1.54, 1.807) is 18.2 Å². The molecule has 29 heavy (non-hydrogen) atoms. The highest BCUT2D eigenvalue weighted by atomic mass is 35.5. The molecule has 2 aromatic carbocycles. The minimum atomic E-state index is -1.05. The van der Waals surface area contributed by atoms with Crippen LogP contribution in [-0.2, 0) is 25.8 Å². The van der Waals surface area contributed by atoms with Crippen LogP contribution in [0.3, 0.4) is 0 Å². The maximum absolute atomic E-state index is 13.2. The van der Waals surface area contributed by atoms with Gasteiger partial charge in [-0.15, -0.1) is 0 Å². The molecule has 4 rings (SSSR count). The van der Waals surface area contributed by atoms with Gasteiger partial charge < -0.3 is 9.57 Å². The molecule has 2 aromatic rings. The van der Waals surface area contributed by atoms with E-state index in [-0.39, 0.29) is 5.78 Å². The van der Waals surface area contributed by atoms with Gasteiger partial charge in [0.1, 0.15) is 12.5 Å². The van der Waals surface area contributed by atoms with E-state index >= 15 is 0 Å². The smallest absolute Gasteiger partial charge is 0.322 e. The summed E-state index contributed by atoms with van der Waals surface area (Å²) in [6, 6.07) is 15.0. The summed E-state index contributed by atoms with van der Waals surface area (Å²) in [5, 5.41) is 4.81. The normalized spacial score (nSPS) is 23.9. The number of Topliss-reactive ketones (excluding diaryl/α,β-unsaturated/α-hetero) is 1. The minimum absolute atomic E-state index is 0.155. The summed E-state index contributed by atoms with van der Waals surface area (Å²) < 4.78 is 5.66. The predicted octanol–water partition coefficient (Wildman–Crippen LogP) is 4.74. The van der Waals surface area contributed by atoms with Crippen molar-refractivity contribution < 1.29 is 19.2 Å². The van der Waals surface area contributed by atoms with Crippen molar-refractivity contribution in [1.29, 1.82) is 0 Å². The summed E-state index contributed by atoms with van der Waals surface area (Å²) >= 11 is 6.01. The molecule has 2 aliphatic rings.